The van der Waals surface area contributed by atoms with Crippen molar-refractivity contribution in [2.75, 3.05) is 7.11 Å². The monoisotopic (exact) mass is 412 g/mol. The SMILES string of the molecule is COc1ccc(Br)c2c(N=C(N)NC=O)cc(-c3ccccc3C)nc12. The standard InChI is InChI=1S/C19H17BrN4O2/c1-11-5-3-4-6-12(11)14-9-15(24-19(21)22-10-25)17-13(20)7-8-16(26-2)18(17)23-14/h3-10H,1-2H3,(H3,21,22,23,24,25). The molecule has 3 N–H and O–H groups in total. The van der Waals surface area contributed by atoms with Gasteiger partial charge in [0.05, 0.1) is 18.5 Å². The minimum absolute atomic E-state index is 0.00189. The Hall–Kier alpha value is -2.93. The van der Waals surface area contributed by atoms with Crippen molar-refractivity contribution in [3.63, 3.8) is 0 Å². The van der Waals surface area contributed by atoms with Gasteiger partial charge < -0.3 is 10.5 Å². The summed E-state index contributed by atoms with van der Waals surface area (Å²) >= 11 is 3.54. The molecule has 0 spiro atoms. The number of fused-ring (bicyclic) bond motifs is 1. The van der Waals surface area contributed by atoms with E-state index in [0.717, 1.165) is 26.7 Å². The number of aryl methyl sites for hydroxylation is 1. The average molecular weight is 413 g/mol. The summed E-state index contributed by atoms with van der Waals surface area (Å²) in [5, 5.41) is 3.11. The number of benzene rings is 2. The van der Waals surface area contributed by atoms with Crippen LogP contribution < -0.4 is 15.8 Å². The molecular formula is C19H17BrN4O2. The molecule has 3 aromatic rings. The fourth-order valence-corrected chi connectivity index (χ4v) is 3.25. The molecule has 0 aliphatic heterocycles. The number of nitrogens with two attached hydrogens (primary N) is 1. The molecule has 1 heterocycles. The van der Waals surface area contributed by atoms with Crippen molar-refractivity contribution in [1.29, 1.82) is 0 Å². The lowest BCUT2D eigenvalue weighted by atomic mass is 10.0. The van der Waals surface area contributed by atoms with E-state index in [2.05, 4.69) is 26.2 Å². The highest BCUT2D eigenvalue weighted by molar-refractivity contribution is 9.10. The van der Waals surface area contributed by atoms with E-state index < -0.39 is 0 Å². The van der Waals surface area contributed by atoms with Crippen molar-refractivity contribution in [1.82, 2.24) is 10.3 Å². The summed E-state index contributed by atoms with van der Waals surface area (Å²) in [6.07, 6.45) is 0.486. The number of rotatable bonds is 4. The molecule has 0 atom stereocenters. The Kier molecular flexibility index (Phi) is 5.18. The van der Waals surface area contributed by atoms with Crippen LogP contribution in [0.3, 0.4) is 0 Å². The van der Waals surface area contributed by atoms with E-state index >= 15 is 0 Å². The summed E-state index contributed by atoms with van der Waals surface area (Å²) < 4.78 is 6.28. The maximum Gasteiger partial charge on any atom is 0.213 e. The third-order valence-electron chi connectivity index (χ3n) is 3.94. The second-order valence-corrected chi connectivity index (χ2v) is 6.43. The summed E-state index contributed by atoms with van der Waals surface area (Å²) in [7, 11) is 1.59. The van der Waals surface area contributed by atoms with E-state index in [-0.39, 0.29) is 5.96 Å². The average Bonchev–Trinajstić information content (AvgIpc) is 2.62. The van der Waals surface area contributed by atoms with Gasteiger partial charge in [0.1, 0.15) is 11.3 Å². The highest BCUT2D eigenvalue weighted by Gasteiger charge is 2.15. The summed E-state index contributed by atoms with van der Waals surface area (Å²) in [5.74, 6) is 0.620. The highest BCUT2D eigenvalue weighted by Crippen LogP contribution is 2.39. The van der Waals surface area contributed by atoms with Crippen LogP contribution in [0.25, 0.3) is 22.2 Å². The van der Waals surface area contributed by atoms with Crippen molar-refractivity contribution >= 4 is 44.9 Å². The summed E-state index contributed by atoms with van der Waals surface area (Å²) in [6, 6.07) is 13.5. The third-order valence-corrected chi connectivity index (χ3v) is 4.60. The van der Waals surface area contributed by atoms with Gasteiger partial charge in [0.15, 0.2) is 5.96 Å². The number of carbonyl (C=O) groups is 1. The predicted molar refractivity (Wildman–Crippen MR) is 107 cm³/mol. The number of nitrogens with zero attached hydrogens (tertiary/aromatic N) is 2. The van der Waals surface area contributed by atoms with E-state index in [1.54, 1.807) is 7.11 Å². The first kappa shape index (κ1) is 17.9. The zero-order valence-electron chi connectivity index (χ0n) is 14.3. The lowest BCUT2D eigenvalue weighted by molar-refractivity contribution is -0.108. The lowest BCUT2D eigenvalue weighted by Gasteiger charge is -2.13. The maximum atomic E-state index is 10.7. The number of amides is 1. The predicted octanol–water partition coefficient (Wildman–Crippen LogP) is 3.67. The molecule has 132 valence electrons. The van der Waals surface area contributed by atoms with Gasteiger partial charge in [-0.15, -0.1) is 0 Å². The van der Waals surface area contributed by atoms with Crippen LogP contribution in [0.1, 0.15) is 5.56 Å². The fraction of sp³-hybridized carbons (Fsp3) is 0.105. The Bertz CT molecular complexity index is 1020. The molecule has 2 aromatic carbocycles. The zero-order valence-corrected chi connectivity index (χ0v) is 15.9. The second-order valence-electron chi connectivity index (χ2n) is 5.57. The van der Waals surface area contributed by atoms with E-state index in [1.165, 1.54) is 0 Å². The number of aromatic nitrogens is 1. The van der Waals surface area contributed by atoms with Crippen LogP contribution in [-0.2, 0) is 4.79 Å². The molecule has 0 saturated carbocycles. The minimum Gasteiger partial charge on any atom is -0.494 e. The van der Waals surface area contributed by atoms with Crippen molar-refractivity contribution in [2.45, 2.75) is 6.92 Å². The smallest absolute Gasteiger partial charge is 0.213 e. The first-order valence-corrected chi connectivity index (χ1v) is 8.62. The number of ether oxygens (including phenoxy) is 1. The van der Waals surface area contributed by atoms with E-state index in [0.29, 0.717) is 23.4 Å². The molecular weight excluding hydrogens is 396 g/mol. The maximum absolute atomic E-state index is 10.7. The van der Waals surface area contributed by atoms with Gasteiger partial charge in [-0.3, -0.25) is 10.1 Å². The van der Waals surface area contributed by atoms with E-state index in [4.69, 9.17) is 15.5 Å². The number of carbonyl (C=O) groups excluding carboxylic acids is 1. The molecule has 26 heavy (non-hydrogen) atoms. The molecule has 1 amide bonds. The summed E-state index contributed by atoms with van der Waals surface area (Å²) in [6.45, 7) is 2.02. The van der Waals surface area contributed by atoms with Gasteiger partial charge in [-0.1, -0.05) is 40.2 Å². The molecule has 0 aliphatic carbocycles. The minimum atomic E-state index is -0.00189. The molecule has 1 aromatic heterocycles. The molecule has 0 bridgehead atoms. The number of hydrogen-bond acceptors (Lipinski definition) is 4. The molecule has 0 radical (unpaired) electrons. The van der Waals surface area contributed by atoms with E-state index in [1.807, 2.05) is 49.4 Å². The Labute approximate surface area is 159 Å². The number of methoxy groups -OCH3 is 1. The third kappa shape index (κ3) is 3.39. The van der Waals surface area contributed by atoms with Crippen molar-refractivity contribution in [3.05, 3.63) is 52.5 Å². The van der Waals surface area contributed by atoms with Crippen LogP contribution in [0.5, 0.6) is 5.75 Å². The highest BCUT2D eigenvalue weighted by atomic mass is 79.9. The molecule has 3 rings (SSSR count). The molecule has 0 saturated heterocycles. The lowest BCUT2D eigenvalue weighted by Crippen LogP contribution is -2.29. The van der Waals surface area contributed by atoms with Gasteiger partial charge in [-0.25, -0.2) is 9.98 Å². The fourth-order valence-electron chi connectivity index (χ4n) is 2.73. The van der Waals surface area contributed by atoms with Crippen molar-refractivity contribution < 1.29 is 9.53 Å². The number of hydrogen-bond donors (Lipinski definition) is 2. The number of halogens is 1. The summed E-state index contributed by atoms with van der Waals surface area (Å²) in [4.78, 5) is 19.8. The Morgan fingerprint density at radius 1 is 1.31 bits per heavy atom. The van der Waals surface area contributed by atoms with Crippen LogP contribution in [0.15, 0.2) is 51.9 Å². The first-order valence-electron chi connectivity index (χ1n) is 7.82. The molecule has 6 nitrogen and oxygen atoms in total. The Balaban J connectivity index is 2.37. The van der Waals surface area contributed by atoms with Gasteiger partial charge >= 0.3 is 0 Å². The Morgan fingerprint density at radius 3 is 2.77 bits per heavy atom. The van der Waals surface area contributed by atoms with Crippen LogP contribution in [0, 0.1) is 6.92 Å². The van der Waals surface area contributed by atoms with E-state index in [9.17, 15) is 4.79 Å². The van der Waals surface area contributed by atoms with Crippen molar-refractivity contribution in [3.8, 4) is 17.0 Å². The topological polar surface area (TPSA) is 89.6 Å². The Morgan fingerprint density at radius 2 is 2.08 bits per heavy atom. The number of aliphatic imine (C=N–C) groups is 1. The van der Waals surface area contributed by atoms with Crippen LogP contribution >= 0.6 is 15.9 Å². The van der Waals surface area contributed by atoms with Crippen LogP contribution in [0.2, 0.25) is 0 Å². The van der Waals surface area contributed by atoms with Crippen molar-refractivity contribution in [2.24, 2.45) is 10.7 Å². The normalized spacial score (nSPS) is 11.4. The quantitative estimate of drug-likeness (QED) is 0.388. The van der Waals surface area contributed by atoms with Crippen LogP contribution in [-0.4, -0.2) is 24.5 Å². The molecule has 0 unspecified atom stereocenters. The van der Waals surface area contributed by atoms with Gasteiger partial charge in [0.25, 0.3) is 0 Å². The number of guanidine groups is 1. The molecule has 7 heteroatoms. The number of nitrogens with one attached hydrogen (secondary N) is 1. The zero-order chi connectivity index (χ0) is 18.7. The summed E-state index contributed by atoms with van der Waals surface area (Å²) in [5.41, 5.74) is 9.82. The van der Waals surface area contributed by atoms with Gasteiger partial charge in [-0.05, 0) is 30.7 Å². The van der Waals surface area contributed by atoms with Gasteiger partial charge in [-0.2, -0.15) is 0 Å². The first-order chi connectivity index (χ1) is 12.5. The molecule has 0 fully saturated rings. The van der Waals surface area contributed by atoms with Gasteiger partial charge in [0, 0.05) is 15.4 Å². The largest absolute Gasteiger partial charge is 0.494 e. The molecule has 0 aliphatic rings. The van der Waals surface area contributed by atoms with Crippen LogP contribution in [0.4, 0.5) is 5.69 Å². The number of pyridine rings is 1. The van der Waals surface area contributed by atoms with Gasteiger partial charge in [0.2, 0.25) is 6.41 Å². The second kappa shape index (κ2) is 7.53.